The zero-order valence-electron chi connectivity index (χ0n) is 21.6. The third-order valence-corrected chi connectivity index (χ3v) is 7.82. The van der Waals surface area contributed by atoms with Crippen LogP contribution in [0.3, 0.4) is 0 Å². The fourth-order valence-corrected chi connectivity index (χ4v) is 5.47. The van der Waals surface area contributed by atoms with Crippen LogP contribution < -0.4 is 19.5 Å². The molecule has 10 heteroatoms. The highest BCUT2D eigenvalue weighted by atomic mass is 19.3. The number of amides is 1. The Morgan fingerprint density at radius 1 is 0.900 bits per heavy atom. The Balaban J connectivity index is 1.23. The molecular formula is C30H27F2NO7. The fraction of sp³-hybridized carbons (Fsp3) is 0.333. The van der Waals surface area contributed by atoms with E-state index in [9.17, 15) is 23.5 Å². The smallest absolute Gasteiger partial charge is 0.497 e. The first-order chi connectivity index (χ1) is 19.2. The molecule has 2 aliphatic heterocycles. The van der Waals surface area contributed by atoms with Gasteiger partial charge in [-0.25, -0.2) is 4.79 Å². The second kappa shape index (κ2) is 9.78. The summed E-state index contributed by atoms with van der Waals surface area (Å²) in [5, 5.41) is 12.5. The van der Waals surface area contributed by atoms with Gasteiger partial charge < -0.3 is 29.4 Å². The number of carboxylic acid groups (broad SMARTS) is 1. The first-order valence-electron chi connectivity index (χ1n) is 13.0. The van der Waals surface area contributed by atoms with E-state index < -0.39 is 23.8 Å². The van der Waals surface area contributed by atoms with Crippen LogP contribution in [0.25, 0.3) is 0 Å². The van der Waals surface area contributed by atoms with Gasteiger partial charge in [-0.15, -0.1) is 8.78 Å². The predicted octanol–water partition coefficient (Wildman–Crippen LogP) is 5.52. The molecule has 0 unspecified atom stereocenters. The van der Waals surface area contributed by atoms with Gasteiger partial charge in [-0.3, -0.25) is 4.79 Å². The van der Waals surface area contributed by atoms with Crippen LogP contribution in [-0.2, 0) is 14.9 Å². The summed E-state index contributed by atoms with van der Waals surface area (Å²) in [6.07, 6.45) is -2.29. The van der Waals surface area contributed by atoms with Crippen LogP contribution >= 0.6 is 0 Å². The van der Waals surface area contributed by atoms with E-state index in [1.807, 2.05) is 24.3 Å². The fourth-order valence-electron chi connectivity index (χ4n) is 5.47. The summed E-state index contributed by atoms with van der Waals surface area (Å²) in [7, 11) is 1.59. The van der Waals surface area contributed by atoms with E-state index in [4.69, 9.17) is 9.47 Å². The summed E-state index contributed by atoms with van der Waals surface area (Å²) >= 11 is 0. The summed E-state index contributed by atoms with van der Waals surface area (Å²) in [5.41, 5.74) is 1.67. The Hall–Kier alpha value is -4.18. The van der Waals surface area contributed by atoms with E-state index in [0.717, 1.165) is 11.1 Å². The molecule has 3 aromatic rings. The van der Waals surface area contributed by atoms with E-state index in [2.05, 4.69) is 14.8 Å². The lowest BCUT2D eigenvalue weighted by atomic mass is 9.89. The number of halogens is 2. The van der Waals surface area contributed by atoms with Gasteiger partial charge in [-0.05, 0) is 78.8 Å². The summed E-state index contributed by atoms with van der Waals surface area (Å²) in [6.45, 7) is 0. The van der Waals surface area contributed by atoms with Crippen LogP contribution in [0.2, 0.25) is 0 Å². The maximum absolute atomic E-state index is 13.7. The van der Waals surface area contributed by atoms with E-state index in [0.29, 0.717) is 37.0 Å². The number of hydrogen-bond donors (Lipinski definition) is 2. The second-order valence-corrected chi connectivity index (χ2v) is 10.4. The minimum absolute atomic E-state index is 0.0616. The van der Waals surface area contributed by atoms with Crippen LogP contribution in [0.4, 0.5) is 8.78 Å². The molecule has 208 valence electrons. The van der Waals surface area contributed by atoms with Crippen LogP contribution in [0.15, 0.2) is 66.7 Å². The van der Waals surface area contributed by atoms with Crippen LogP contribution in [0.1, 0.15) is 64.9 Å². The molecule has 0 bridgehead atoms. The molecule has 1 saturated heterocycles. The van der Waals surface area contributed by atoms with Crippen molar-refractivity contribution in [2.75, 3.05) is 7.11 Å². The molecule has 2 heterocycles. The second-order valence-electron chi connectivity index (χ2n) is 10.4. The first kappa shape index (κ1) is 26.1. The molecule has 2 N–H and O–H groups in total. The van der Waals surface area contributed by atoms with Crippen LogP contribution in [0, 0.1) is 0 Å². The van der Waals surface area contributed by atoms with Crippen molar-refractivity contribution >= 4 is 11.9 Å². The van der Waals surface area contributed by atoms with E-state index in [1.165, 1.54) is 24.3 Å². The van der Waals surface area contributed by atoms with Crippen molar-refractivity contribution in [3.8, 4) is 17.2 Å². The first-order valence-corrected chi connectivity index (χ1v) is 13.0. The van der Waals surface area contributed by atoms with Gasteiger partial charge in [0.05, 0.1) is 30.3 Å². The lowest BCUT2D eigenvalue weighted by molar-refractivity contribution is -0.286. The highest BCUT2D eigenvalue weighted by Gasteiger charge is 2.53. The standard InChI is InChI=1S/C30H27F2NO7/c1-37-22-9-6-18(7-10-22)25-16-21(15-24(38-25)17-2-4-19(5-3-17)27(34)35)33-28(36)29(12-13-29)20-8-11-23-26(14-20)40-30(31,32)39-23/h2-11,14,21,24-25H,12-13,15-16H2,1H3,(H,33,36)(H,34,35)/t21-,24-,25+/m1/s1. The number of ether oxygens (including phenoxy) is 4. The molecule has 2 fully saturated rings. The minimum atomic E-state index is -3.73. The lowest BCUT2D eigenvalue weighted by Crippen LogP contribution is -2.45. The monoisotopic (exact) mass is 551 g/mol. The molecule has 1 aliphatic carbocycles. The Morgan fingerprint density at radius 2 is 1.50 bits per heavy atom. The number of carbonyl (C=O) groups is 2. The molecule has 0 aromatic heterocycles. The molecule has 40 heavy (non-hydrogen) atoms. The average Bonchev–Trinajstić information content (AvgIpc) is 3.70. The van der Waals surface area contributed by atoms with E-state index in [-0.39, 0.29) is 35.1 Å². The molecule has 3 aliphatic rings. The summed E-state index contributed by atoms with van der Waals surface area (Å²) < 4.78 is 47.9. The summed E-state index contributed by atoms with van der Waals surface area (Å²) in [4.78, 5) is 25.0. The van der Waals surface area contributed by atoms with Crippen molar-refractivity contribution in [1.82, 2.24) is 5.32 Å². The number of alkyl halides is 2. The maximum Gasteiger partial charge on any atom is 0.586 e. The normalized spacial score (nSPS) is 23.7. The Morgan fingerprint density at radius 3 is 2.08 bits per heavy atom. The molecule has 1 amide bonds. The van der Waals surface area contributed by atoms with Gasteiger partial charge in [-0.2, -0.15) is 0 Å². The molecular weight excluding hydrogens is 524 g/mol. The predicted molar refractivity (Wildman–Crippen MR) is 138 cm³/mol. The van der Waals surface area contributed by atoms with Crippen molar-refractivity contribution < 1.29 is 42.4 Å². The number of benzene rings is 3. The highest BCUT2D eigenvalue weighted by molar-refractivity contribution is 5.91. The number of methoxy groups -OCH3 is 1. The quantitative estimate of drug-likeness (QED) is 0.398. The van der Waals surface area contributed by atoms with E-state index >= 15 is 0 Å². The zero-order valence-corrected chi connectivity index (χ0v) is 21.6. The molecule has 3 atom stereocenters. The molecule has 3 aromatic carbocycles. The van der Waals surface area contributed by atoms with Crippen molar-refractivity contribution in [3.63, 3.8) is 0 Å². The summed E-state index contributed by atoms with van der Waals surface area (Å²) in [5.74, 6) is -0.634. The molecule has 8 nitrogen and oxygen atoms in total. The number of nitrogens with one attached hydrogen (secondary N) is 1. The van der Waals surface area contributed by atoms with E-state index in [1.54, 1.807) is 25.3 Å². The minimum Gasteiger partial charge on any atom is -0.497 e. The number of hydrogen-bond acceptors (Lipinski definition) is 6. The lowest BCUT2D eigenvalue weighted by Gasteiger charge is -2.37. The van der Waals surface area contributed by atoms with Crippen LogP contribution in [-0.4, -0.2) is 36.4 Å². The Kier molecular flexibility index (Phi) is 6.37. The number of rotatable bonds is 7. The number of carboxylic acids is 1. The topological polar surface area (TPSA) is 103 Å². The van der Waals surface area contributed by atoms with Crippen molar-refractivity contribution in [2.45, 2.75) is 55.6 Å². The number of carbonyl (C=O) groups excluding carboxylic acids is 1. The molecule has 0 spiro atoms. The molecule has 6 rings (SSSR count). The Labute approximate surface area is 228 Å². The van der Waals surface area contributed by atoms with Crippen molar-refractivity contribution in [1.29, 1.82) is 0 Å². The number of aromatic carboxylic acids is 1. The Bertz CT molecular complexity index is 1440. The third kappa shape index (κ3) is 4.95. The SMILES string of the molecule is COc1ccc([C@@H]2C[C@H](NC(=O)C3(c4ccc5c(c4)OC(F)(F)O5)CC3)C[C@H](c3ccc(C(=O)O)cc3)O2)cc1. The largest absolute Gasteiger partial charge is 0.586 e. The van der Waals surface area contributed by atoms with Crippen LogP contribution in [0.5, 0.6) is 17.2 Å². The van der Waals surface area contributed by atoms with Crippen molar-refractivity contribution in [3.05, 3.63) is 89.0 Å². The average molecular weight is 552 g/mol. The summed E-state index contributed by atoms with van der Waals surface area (Å²) in [6, 6.07) is 18.3. The third-order valence-electron chi connectivity index (χ3n) is 7.82. The van der Waals surface area contributed by atoms with Gasteiger partial charge >= 0.3 is 12.3 Å². The van der Waals surface area contributed by atoms with Gasteiger partial charge in [0, 0.05) is 6.04 Å². The van der Waals surface area contributed by atoms with Gasteiger partial charge in [0.15, 0.2) is 11.5 Å². The maximum atomic E-state index is 13.7. The van der Waals surface area contributed by atoms with Crippen molar-refractivity contribution in [2.24, 2.45) is 0 Å². The van der Waals surface area contributed by atoms with Gasteiger partial charge in [0.1, 0.15) is 5.75 Å². The van der Waals surface area contributed by atoms with Gasteiger partial charge in [-0.1, -0.05) is 30.3 Å². The molecule has 0 radical (unpaired) electrons. The zero-order chi connectivity index (χ0) is 28.1. The van der Waals surface area contributed by atoms with Gasteiger partial charge in [0.2, 0.25) is 5.91 Å². The number of fused-ring (bicyclic) bond motifs is 1. The molecule has 1 saturated carbocycles. The van der Waals surface area contributed by atoms with Gasteiger partial charge in [0.25, 0.3) is 0 Å². The highest BCUT2D eigenvalue weighted by Crippen LogP contribution is 2.52.